The van der Waals surface area contributed by atoms with Gasteiger partial charge in [-0.15, -0.1) is 0 Å². The third-order valence-corrected chi connectivity index (χ3v) is 2.45. The van der Waals surface area contributed by atoms with E-state index in [1.54, 1.807) is 7.11 Å². The van der Waals surface area contributed by atoms with E-state index in [9.17, 15) is 4.79 Å². The van der Waals surface area contributed by atoms with Gasteiger partial charge in [-0.3, -0.25) is 4.79 Å². The lowest BCUT2D eigenvalue weighted by atomic mass is 10.00. The lowest BCUT2D eigenvalue weighted by Crippen LogP contribution is -2.20. The van der Waals surface area contributed by atoms with Gasteiger partial charge in [0.1, 0.15) is 12.2 Å². The highest BCUT2D eigenvalue weighted by Gasteiger charge is 2.21. The van der Waals surface area contributed by atoms with Crippen LogP contribution in [0.4, 0.5) is 0 Å². The van der Waals surface area contributed by atoms with Crippen LogP contribution in [0.25, 0.3) is 0 Å². The van der Waals surface area contributed by atoms with Crippen molar-refractivity contribution in [3.05, 3.63) is 35.4 Å². The number of carbonyl (C=O) groups excluding carboxylic acids is 1. The minimum atomic E-state index is -0.284. The monoisotopic (exact) mass is 208 g/mol. The second kappa shape index (κ2) is 5.51. The summed E-state index contributed by atoms with van der Waals surface area (Å²) in [6.07, 6.45) is -0.495. The summed E-state index contributed by atoms with van der Waals surface area (Å²) in [5, 5.41) is 0. The lowest BCUT2D eigenvalue weighted by Gasteiger charge is -2.22. The van der Waals surface area contributed by atoms with Gasteiger partial charge >= 0.3 is 0 Å². The number of hydrogen-bond acceptors (Lipinski definition) is 3. The normalized spacial score (nSPS) is 14.3. The van der Waals surface area contributed by atoms with Crippen molar-refractivity contribution in [1.82, 2.24) is 0 Å². The first-order valence-corrected chi connectivity index (χ1v) is 4.88. The molecule has 1 aromatic carbocycles. The molecule has 82 valence electrons. The number of hydrogen-bond donors (Lipinski definition) is 0. The van der Waals surface area contributed by atoms with Crippen molar-refractivity contribution < 1.29 is 14.3 Å². The average molecular weight is 208 g/mol. The van der Waals surface area contributed by atoms with Crippen LogP contribution in [0.5, 0.6) is 0 Å². The second-order valence-corrected chi connectivity index (χ2v) is 3.45. The number of rotatable bonds is 5. The second-order valence-electron chi connectivity index (χ2n) is 3.45. The largest absolute Gasteiger partial charge is 0.462 e. The van der Waals surface area contributed by atoms with Crippen molar-refractivity contribution >= 4 is 6.47 Å². The molecule has 0 fully saturated rings. The van der Waals surface area contributed by atoms with Crippen LogP contribution in [-0.4, -0.2) is 19.7 Å². The predicted molar refractivity (Wildman–Crippen MR) is 57.5 cm³/mol. The van der Waals surface area contributed by atoms with Gasteiger partial charge in [-0.25, -0.2) is 0 Å². The zero-order valence-corrected chi connectivity index (χ0v) is 9.27. The van der Waals surface area contributed by atoms with E-state index in [0.717, 1.165) is 11.1 Å². The molecule has 3 heteroatoms. The Kier molecular flexibility index (Phi) is 4.31. The van der Waals surface area contributed by atoms with Gasteiger partial charge in [0, 0.05) is 7.11 Å². The molecule has 0 saturated carbocycles. The van der Waals surface area contributed by atoms with Crippen molar-refractivity contribution in [1.29, 1.82) is 0 Å². The van der Waals surface area contributed by atoms with Crippen LogP contribution in [0.3, 0.4) is 0 Å². The third kappa shape index (κ3) is 2.80. The molecule has 0 saturated heterocycles. The number of carbonyl (C=O) groups is 1. The minimum Gasteiger partial charge on any atom is -0.462 e. The van der Waals surface area contributed by atoms with Crippen molar-refractivity contribution in [2.75, 3.05) is 7.11 Å². The zero-order chi connectivity index (χ0) is 11.3. The predicted octanol–water partition coefficient (Wildman–Crippen LogP) is 2.24. The van der Waals surface area contributed by atoms with E-state index in [4.69, 9.17) is 9.47 Å². The van der Waals surface area contributed by atoms with Gasteiger partial charge in [-0.2, -0.15) is 0 Å². The van der Waals surface area contributed by atoms with E-state index >= 15 is 0 Å². The minimum absolute atomic E-state index is 0.212. The number of ether oxygens (including phenoxy) is 2. The van der Waals surface area contributed by atoms with E-state index in [1.807, 2.05) is 38.1 Å². The van der Waals surface area contributed by atoms with Crippen molar-refractivity contribution in [3.63, 3.8) is 0 Å². The molecule has 0 amide bonds. The van der Waals surface area contributed by atoms with E-state index in [0.29, 0.717) is 6.47 Å². The van der Waals surface area contributed by atoms with Crippen LogP contribution in [0, 0.1) is 6.92 Å². The summed E-state index contributed by atoms with van der Waals surface area (Å²) >= 11 is 0. The van der Waals surface area contributed by atoms with Crippen LogP contribution in [0.2, 0.25) is 0 Å². The summed E-state index contributed by atoms with van der Waals surface area (Å²) in [6.45, 7) is 4.28. The first-order valence-electron chi connectivity index (χ1n) is 4.88. The molecule has 0 spiro atoms. The van der Waals surface area contributed by atoms with Crippen LogP contribution in [-0.2, 0) is 14.3 Å². The maximum absolute atomic E-state index is 10.3. The number of aryl methyl sites for hydroxylation is 1. The van der Waals surface area contributed by atoms with Gasteiger partial charge < -0.3 is 9.47 Å². The molecule has 1 aromatic rings. The molecule has 2 unspecified atom stereocenters. The Balaban J connectivity index is 2.91. The Morgan fingerprint density at radius 1 is 1.33 bits per heavy atom. The van der Waals surface area contributed by atoms with Gasteiger partial charge in [0.15, 0.2) is 0 Å². The van der Waals surface area contributed by atoms with Gasteiger partial charge in [0.2, 0.25) is 0 Å². The Labute approximate surface area is 90.0 Å². The first kappa shape index (κ1) is 11.7. The zero-order valence-electron chi connectivity index (χ0n) is 9.27. The molecule has 0 bridgehead atoms. The Morgan fingerprint density at radius 3 is 2.53 bits per heavy atom. The van der Waals surface area contributed by atoms with Crippen molar-refractivity contribution in [3.8, 4) is 0 Å². The Morgan fingerprint density at radius 2 is 2.00 bits per heavy atom. The average Bonchev–Trinajstić information content (AvgIpc) is 2.22. The topological polar surface area (TPSA) is 35.5 Å². The van der Waals surface area contributed by atoms with Crippen molar-refractivity contribution in [2.24, 2.45) is 0 Å². The van der Waals surface area contributed by atoms with E-state index < -0.39 is 0 Å². The molecule has 3 nitrogen and oxygen atoms in total. The fourth-order valence-electron chi connectivity index (χ4n) is 1.64. The quantitative estimate of drug-likeness (QED) is 0.696. The van der Waals surface area contributed by atoms with Gasteiger partial charge in [0.05, 0.1) is 0 Å². The SMILES string of the molecule is COC(c1ccccc1C)C(C)OC=O. The fraction of sp³-hybridized carbons (Fsp3) is 0.417. The molecule has 0 N–H and O–H groups in total. The summed E-state index contributed by atoms with van der Waals surface area (Å²) in [4.78, 5) is 10.3. The molecule has 1 rings (SSSR count). The van der Waals surface area contributed by atoms with Gasteiger partial charge in [0.25, 0.3) is 6.47 Å². The molecule has 0 aliphatic heterocycles. The summed E-state index contributed by atoms with van der Waals surface area (Å²) in [6, 6.07) is 7.90. The summed E-state index contributed by atoms with van der Waals surface area (Å²) in [7, 11) is 1.61. The maximum atomic E-state index is 10.3. The Hall–Kier alpha value is -1.35. The molecule has 0 aliphatic carbocycles. The molecule has 15 heavy (non-hydrogen) atoms. The smallest absolute Gasteiger partial charge is 0.293 e. The number of benzene rings is 1. The highest BCUT2D eigenvalue weighted by atomic mass is 16.6. The lowest BCUT2D eigenvalue weighted by molar-refractivity contribution is -0.139. The third-order valence-electron chi connectivity index (χ3n) is 2.45. The standard InChI is InChI=1S/C12H16O3/c1-9-6-4-5-7-11(9)12(14-3)10(2)15-8-13/h4-8,10,12H,1-3H3. The molecular formula is C12H16O3. The highest BCUT2D eigenvalue weighted by Crippen LogP contribution is 2.24. The first-order chi connectivity index (χ1) is 7.20. The van der Waals surface area contributed by atoms with Crippen LogP contribution in [0.15, 0.2) is 24.3 Å². The summed E-state index contributed by atoms with van der Waals surface area (Å²) in [5.41, 5.74) is 2.18. The molecule has 0 aliphatic rings. The van der Waals surface area contributed by atoms with Crippen LogP contribution < -0.4 is 0 Å². The molecule has 0 aromatic heterocycles. The fourth-order valence-corrected chi connectivity index (χ4v) is 1.64. The van der Waals surface area contributed by atoms with E-state index in [-0.39, 0.29) is 12.2 Å². The van der Waals surface area contributed by atoms with Gasteiger partial charge in [-0.1, -0.05) is 24.3 Å². The molecule has 2 atom stereocenters. The maximum Gasteiger partial charge on any atom is 0.293 e. The summed E-state index contributed by atoms with van der Waals surface area (Å²) in [5.74, 6) is 0. The number of methoxy groups -OCH3 is 1. The van der Waals surface area contributed by atoms with E-state index in [1.165, 1.54) is 0 Å². The van der Waals surface area contributed by atoms with Crippen molar-refractivity contribution in [2.45, 2.75) is 26.1 Å². The highest BCUT2D eigenvalue weighted by molar-refractivity contribution is 5.38. The Bertz CT molecular complexity index is 322. The molecular weight excluding hydrogens is 192 g/mol. The molecule has 0 radical (unpaired) electrons. The van der Waals surface area contributed by atoms with Gasteiger partial charge in [-0.05, 0) is 25.0 Å². The van der Waals surface area contributed by atoms with E-state index in [2.05, 4.69) is 0 Å². The van der Waals surface area contributed by atoms with Crippen LogP contribution in [0.1, 0.15) is 24.2 Å². The molecule has 0 heterocycles. The van der Waals surface area contributed by atoms with Crippen LogP contribution >= 0.6 is 0 Å². The summed E-state index contributed by atoms with van der Waals surface area (Å²) < 4.78 is 10.2.